The molecule has 0 aliphatic rings. The molecule has 2 aromatic heterocycles. The number of carbonyl (C=O) groups excluding carboxylic acids is 1. The van der Waals surface area contributed by atoms with Gasteiger partial charge in [0.25, 0.3) is 0 Å². The minimum Gasteiger partial charge on any atom is -0.469 e. The molecule has 8 heteroatoms. The lowest BCUT2D eigenvalue weighted by molar-refractivity contribution is -0.140. The normalized spacial score (nSPS) is 10.8. The number of fused-ring (bicyclic) bond motifs is 1. The van der Waals surface area contributed by atoms with E-state index in [0.717, 1.165) is 5.82 Å². The Morgan fingerprint density at radius 1 is 1.43 bits per heavy atom. The minimum absolute atomic E-state index is 0.262. The van der Waals surface area contributed by atoms with Gasteiger partial charge in [0.15, 0.2) is 0 Å². The monoisotopic (exact) mass is 288 g/mol. The Kier molecular flexibility index (Phi) is 5.16. The summed E-state index contributed by atoms with van der Waals surface area (Å²) in [5.74, 6) is 0.456. The molecule has 0 unspecified atom stereocenters. The third kappa shape index (κ3) is 3.72. The molecule has 21 heavy (non-hydrogen) atoms. The summed E-state index contributed by atoms with van der Waals surface area (Å²) in [7, 11) is 8.83. The van der Waals surface area contributed by atoms with Crippen molar-refractivity contribution in [3.63, 3.8) is 0 Å². The third-order valence-electron chi connectivity index (χ3n) is 3.08. The van der Waals surface area contributed by atoms with Crippen LogP contribution in [0.3, 0.4) is 0 Å². The fraction of sp³-hybridized carbons (Fsp3) is 0.462. The molecular weight excluding hydrogens is 271 g/mol. The van der Waals surface area contributed by atoms with Crippen LogP contribution in [0.2, 0.25) is 0 Å². The number of rotatable bonds is 7. The van der Waals surface area contributed by atoms with Crippen molar-refractivity contribution in [2.75, 3.05) is 38.8 Å². The summed E-state index contributed by atoms with van der Waals surface area (Å²) in [6.07, 6.45) is 3.62. The first kappa shape index (κ1) is 15.3. The molecule has 0 bridgehead atoms. The first-order chi connectivity index (χ1) is 10.2. The van der Waals surface area contributed by atoms with Crippen LogP contribution in [0.25, 0.3) is 5.65 Å². The van der Waals surface area contributed by atoms with Gasteiger partial charge in [-0.2, -0.15) is 5.10 Å². The van der Waals surface area contributed by atoms with Crippen molar-refractivity contribution in [3.8, 4) is 0 Å². The van der Waals surface area contributed by atoms with E-state index in [2.05, 4.69) is 14.8 Å². The summed E-state index contributed by atoms with van der Waals surface area (Å²) in [6.45, 7) is 1.64. The SMILES string of the molecule is [B]c1cnn2ccc(N(CCOC)CCC(=O)OC)nc12. The molecule has 0 amide bonds. The molecule has 110 valence electrons. The highest BCUT2D eigenvalue weighted by atomic mass is 16.5. The van der Waals surface area contributed by atoms with Crippen LogP contribution in [0.1, 0.15) is 6.42 Å². The lowest BCUT2D eigenvalue weighted by Crippen LogP contribution is -2.31. The van der Waals surface area contributed by atoms with Gasteiger partial charge in [0.2, 0.25) is 0 Å². The van der Waals surface area contributed by atoms with E-state index in [4.69, 9.17) is 12.6 Å². The molecule has 2 rings (SSSR count). The van der Waals surface area contributed by atoms with Gasteiger partial charge in [-0.25, -0.2) is 9.50 Å². The van der Waals surface area contributed by atoms with E-state index in [0.29, 0.717) is 30.8 Å². The summed E-state index contributed by atoms with van der Waals surface area (Å²) < 4.78 is 11.4. The second-order valence-electron chi connectivity index (χ2n) is 4.46. The van der Waals surface area contributed by atoms with Gasteiger partial charge in [0, 0.05) is 32.6 Å². The first-order valence-electron chi connectivity index (χ1n) is 6.56. The van der Waals surface area contributed by atoms with Crippen molar-refractivity contribution < 1.29 is 14.3 Å². The van der Waals surface area contributed by atoms with Crippen LogP contribution in [0.5, 0.6) is 0 Å². The number of ether oxygens (including phenoxy) is 2. The summed E-state index contributed by atoms with van der Waals surface area (Å²) in [6, 6.07) is 1.83. The number of anilines is 1. The average molecular weight is 288 g/mol. The maximum Gasteiger partial charge on any atom is 0.307 e. The van der Waals surface area contributed by atoms with Crippen LogP contribution in [-0.4, -0.2) is 62.3 Å². The zero-order valence-corrected chi connectivity index (χ0v) is 12.2. The van der Waals surface area contributed by atoms with E-state index in [-0.39, 0.29) is 12.4 Å². The van der Waals surface area contributed by atoms with Gasteiger partial charge in [-0.15, -0.1) is 0 Å². The lowest BCUT2D eigenvalue weighted by atomic mass is 10.0. The van der Waals surface area contributed by atoms with Crippen LogP contribution in [0.15, 0.2) is 18.5 Å². The van der Waals surface area contributed by atoms with Crippen molar-refractivity contribution >= 4 is 30.7 Å². The third-order valence-corrected chi connectivity index (χ3v) is 3.08. The smallest absolute Gasteiger partial charge is 0.307 e. The molecule has 0 saturated carbocycles. The molecule has 0 saturated heterocycles. The fourth-order valence-electron chi connectivity index (χ4n) is 1.92. The van der Waals surface area contributed by atoms with E-state index >= 15 is 0 Å². The Balaban J connectivity index is 2.19. The highest BCUT2D eigenvalue weighted by molar-refractivity contribution is 6.36. The molecule has 0 atom stereocenters. The highest BCUT2D eigenvalue weighted by Gasteiger charge is 2.12. The number of methoxy groups -OCH3 is 2. The summed E-state index contributed by atoms with van der Waals surface area (Å²) in [5.41, 5.74) is 1.10. The molecule has 2 radical (unpaired) electrons. The van der Waals surface area contributed by atoms with Gasteiger partial charge < -0.3 is 14.4 Å². The van der Waals surface area contributed by atoms with Crippen LogP contribution < -0.4 is 10.4 Å². The zero-order valence-electron chi connectivity index (χ0n) is 12.2. The molecular formula is C13H17BN4O3. The van der Waals surface area contributed by atoms with Gasteiger partial charge in [-0.1, -0.05) is 0 Å². The van der Waals surface area contributed by atoms with Gasteiger partial charge >= 0.3 is 5.97 Å². The van der Waals surface area contributed by atoms with E-state index in [1.165, 1.54) is 7.11 Å². The Bertz CT molecular complexity index is 616. The van der Waals surface area contributed by atoms with Crippen LogP contribution in [-0.2, 0) is 14.3 Å². The predicted octanol–water partition coefficient (Wildman–Crippen LogP) is -0.461. The largest absolute Gasteiger partial charge is 0.469 e. The van der Waals surface area contributed by atoms with Crippen molar-refractivity contribution in [2.24, 2.45) is 0 Å². The topological polar surface area (TPSA) is 69.0 Å². The number of nitrogens with zero attached hydrogens (tertiary/aromatic N) is 4. The number of hydrogen-bond acceptors (Lipinski definition) is 6. The van der Waals surface area contributed by atoms with Crippen LogP contribution in [0.4, 0.5) is 5.82 Å². The maximum atomic E-state index is 11.3. The molecule has 2 aromatic rings. The van der Waals surface area contributed by atoms with E-state index < -0.39 is 0 Å². The van der Waals surface area contributed by atoms with Crippen molar-refractivity contribution in [2.45, 2.75) is 6.42 Å². The predicted molar refractivity (Wildman–Crippen MR) is 79.1 cm³/mol. The first-order valence-corrected chi connectivity index (χ1v) is 6.56. The summed E-state index contributed by atoms with van der Waals surface area (Å²) >= 11 is 0. The quantitative estimate of drug-likeness (QED) is 0.507. The lowest BCUT2D eigenvalue weighted by Gasteiger charge is -2.23. The number of esters is 1. The number of hydrogen-bond donors (Lipinski definition) is 0. The van der Waals surface area contributed by atoms with Gasteiger partial charge in [-0.05, 0) is 11.5 Å². The minimum atomic E-state index is -0.262. The molecule has 0 aromatic carbocycles. The van der Waals surface area contributed by atoms with E-state index in [9.17, 15) is 4.79 Å². The van der Waals surface area contributed by atoms with E-state index in [1.807, 2.05) is 11.0 Å². The molecule has 7 nitrogen and oxygen atoms in total. The Labute approximate surface area is 124 Å². The molecule has 0 spiro atoms. The second kappa shape index (κ2) is 7.08. The number of carbonyl (C=O) groups is 1. The van der Waals surface area contributed by atoms with E-state index in [1.54, 1.807) is 24.0 Å². The fourth-order valence-corrected chi connectivity index (χ4v) is 1.92. The van der Waals surface area contributed by atoms with Crippen LogP contribution in [0, 0.1) is 0 Å². The van der Waals surface area contributed by atoms with Gasteiger partial charge in [-0.3, -0.25) is 4.79 Å². The molecule has 0 aliphatic carbocycles. The van der Waals surface area contributed by atoms with Crippen molar-refractivity contribution in [1.29, 1.82) is 0 Å². The van der Waals surface area contributed by atoms with Crippen LogP contribution >= 0.6 is 0 Å². The average Bonchev–Trinajstić information content (AvgIpc) is 2.88. The van der Waals surface area contributed by atoms with Crippen molar-refractivity contribution in [3.05, 3.63) is 18.5 Å². The summed E-state index contributed by atoms with van der Waals surface area (Å²) in [5, 5.41) is 4.08. The van der Waals surface area contributed by atoms with Gasteiger partial charge in [0.1, 0.15) is 19.3 Å². The highest BCUT2D eigenvalue weighted by Crippen LogP contribution is 2.12. The molecule has 0 aliphatic heterocycles. The maximum absolute atomic E-state index is 11.3. The molecule has 2 heterocycles. The molecule has 0 fully saturated rings. The Morgan fingerprint density at radius 2 is 2.24 bits per heavy atom. The number of aromatic nitrogens is 3. The van der Waals surface area contributed by atoms with Crippen molar-refractivity contribution in [1.82, 2.24) is 14.6 Å². The van der Waals surface area contributed by atoms with Gasteiger partial charge in [0.05, 0.1) is 20.1 Å². The second-order valence-corrected chi connectivity index (χ2v) is 4.46. The Morgan fingerprint density at radius 3 is 2.95 bits per heavy atom. The molecule has 0 N–H and O–H groups in total. The standard InChI is InChI=1S/C13H17BN4O3/c1-20-8-7-17(5-4-12(19)21-2)11-3-6-18-13(16-11)10(14)9-15-18/h3,6,9H,4-5,7-8H2,1-2H3. The Hall–Kier alpha value is -2.09. The summed E-state index contributed by atoms with van der Waals surface area (Å²) in [4.78, 5) is 17.7. The zero-order chi connectivity index (χ0) is 15.2.